The lowest BCUT2D eigenvalue weighted by Gasteiger charge is -2.19. The maximum Gasteiger partial charge on any atom is 0.417 e. The molecule has 2 bridgehead atoms. The van der Waals surface area contributed by atoms with Crippen molar-refractivity contribution in [2.75, 3.05) is 0 Å². The van der Waals surface area contributed by atoms with Crippen LogP contribution in [0.25, 0.3) is 5.57 Å². The van der Waals surface area contributed by atoms with E-state index in [-0.39, 0.29) is 41.0 Å². The lowest BCUT2D eigenvalue weighted by Crippen LogP contribution is -2.29. The van der Waals surface area contributed by atoms with Gasteiger partial charge < -0.3 is 14.6 Å². The van der Waals surface area contributed by atoms with Gasteiger partial charge in [-0.25, -0.2) is 9.37 Å². The van der Waals surface area contributed by atoms with Crippen LogP contribution in [0.3, 0.4) is 0 Å². The molecule has 9 heteroatoms. The van der Waals surface area contributed by atoms with Crippen LogP contribution in [0.15, 0.2) is 36.2 Å². The molecule has 4 atom stereocenters. The summed E-state index contributed by atoms with van der Waals surface area (Å²) in [6, 6.07) is 5.01. The smallest absolute Gasteiger partial charge is 0.417 e. The van der Waals surface area contributed by atoms with E-state index in [1.165, 1.54) is 12.1 Å². The highest BCUT2D eigenvalue weighted by Crippen LogP contribution is 2.54. The van der Waals surface area contributed by atoms with E-state index in [4.69, 9.17) is 9.47 Å². The van der Waals surface area contributed by atoms with Gasteiger partial charge in [0.2, 0.25) is 0 Å². The van der Waals surface area contributed by atoms with Crippen LogP contribution < -0.4 is 4.74 Å². The second kappa shape index (κ2) is 7.30. The van der Waals surface area contributed by atoms with Crippen LogP contribution in [0.1, 0.15) is 36.5 Å². The number of carbonyl (C=O) groups is 1. The number of Topliss-reactive ketones (excluding diaryl/α,β-unsaturated/α-hetero) is 1. The molecule has 32 heavy (non-hydrogen) atoms. The molecule has 5 rings (SSSR count). The van der Waals surface area contributed by atoms with Crippen LogP contribution >= 0.6 is 0 Å². The third-order valence-corrected chi connectivity index (χ3v) is 6.48. The molecule has 0 saturated carbocycles. The van der Waals surface area contributed by atoms with E-state index >= 15 is 0 Å². The molecule has 2 aromatic rings. The number of rotatable bonds is 4. The number of alkyl halides is 3. The Kier molecular flexibility index (Phi) is 4.77. The summed E-state index contributed by atoms with van der Waals surface area (Å²) in [5.41, 5.74) is 0.234. The molecule has 5 nitrogen and oxygen atoms in total. The zero-order valence-electron chi connectivity index (χ0n) is 16.9. The van der Waals surface area contributed by atoms with E-state index in [1.54, 1.807) is 6.07 Å². The number of aliphatic hydroxyl groups is 1. The molecule has 1 N–H and O–H groups in total. The number of nitrogens with zero attached hydrogens (tertiary/aromatic N) is 1. The van der Waals surface area contributed by atoms with Gasteiger partial charge in [-0.3, -0.25) is 4.79 Å². The molecular weight excluding hydrogens is 430 g/mol. The fourth-order valence-corrected chi connectivity index (χ4v) is 5.02. The average Bonchev–Trinajstić information content (AvgIpc) is 3.42. The van der Waals surface area contributed by atoms with Gasteiger partial charge in [-0.2, -0.15) is 13.2 Å². The average molecular weight is 449 g/mol. The molecule has 2 saturated heterocycles. The highest BCUT2D eigenvalue weighted by molar-refractivity contribution is 6.25. The predicted molar refractivity (Wildman–Crippen MR) is 105 cm³/mol. The number of aryl methyl sites for hydroxylation is 1. The van der Waals surface area contributed by atoms with Gasteiger partial charge in [0.1, 0.15) is 11.5 Å². The molecule has 1 aromatic carbocycles. The normalized spacial score (nSPS) is 26.7. The maximum atomic E-state index is 14.2. The second-order valence-electron chi connectivity index (χ2n) is 8.25. The minimum absolute atomic E-state index is 0.00196. The van der Waals surface area contributed by atoms with E-state index in [9.17, 15) is 27.5 Å². The minimum Gasteiger partial charge on any atom is -0.511 e. The Balaban J connectivity index is 1.50. The molecule has 2 unspecified atom stereocenters. The van der Waals surface area contributed by atoms with E-state index in [0.717, 1.165) is 18.4 Å². The monoisotopic (exact) mass is 449 g/mol. The van der Waals surface area contributed by atoms with Crippen LogP contribution in [0.4, 0.5) is 17.6 Å². The molecule has 0 spiro atoms. The van der Waals surface area contributed by atoms with Crippen molar-refractivity contribution in [3.05, 3.63) is 58.7 Å². The Morgan fingerprint density at radius 2 is 1.91 bits per heavy atom. The number of aliphatic hydroxyl groups excluding tert-OH is 1. The van der Waals surface area contributed by atoms with Crippen molar-refractivity contribution < 1.29 is 36.9 Å². The molecule has 3 aliphatic rings. The van der Waals surface area contributed by atoms with Crippen molar-refractivity contribution in [3.8, 4) is 11.6 Å². The Hall–Kier alpha value is -2.94. The number of carbonyl (C=O) groups excluding carboxylic acids is 1. The molecule has 0 radical (unpaired) electrons. The van der Waals surface area contributed by atoms with Gasteiger partial charge >= 0.3 is 6.18 Å². The van der Waals surface area contributed by atoms with Crippen molar-refractivity contribution in [2.45, 2.75) is 44.6 Å². The van der Waals surface area contributed by atoms with Crippen LogP contribution in [-0.4, -0.2) is 28.1 Å². The number of pyridine rings is 1. The van der Waals surface area contributed by atoms with E-state index in [0.29, 0.717) is 24.2 Å². The van der Waals surface area contributed by atoms with Crippen molar-refractivity contribution in [2.24, 2.45) is 11.8 Å². The summed E-state index contributed by atoms with van der Waals surface area (Å²) in [6.07, 6.45) is -2.49. The number of fused-ring (bicyclic) bond motifs is 5. The fourth-order valence-electron chi connectivity index (χ4n) is 5.02. The number of hydrogen-bond acceptors (Lipinski definition) is 5. The van der Waals surface area contributed by atoms with Crippen LogP contribution in [0.2, 0.25) is 0 Å². The third-order valence-electron chi connectivity index (χ3n) is 6.48. The summed E-state index contributed by atoms with van der Waals surface area (Å²) in [4.78, 5) is 16.6. The van der Waals surface area contributed by atoms with E-state index < -0.39 is 29.4 Å². The number of halogens is 4. The fraction of sp³-hybridized carbons (Fsp3) is 0.391. The minimum atomic E-state index is -4.73. The van der Waals surface area contributed by atoms with Crippen molar-refractivity contribution in [1.29, 1.82) is 0 Å². The van der Waals surface area contributed by atoms with Crippen LogP contribution in [0, 0.1) is 17.7 Å². The zero-order valence-corrected chi connectivity index (χ0v) is 16.9. The van der Waals surface area contributed by atoms with Gasteiger partial charge in [0.15, 0.2) is 11.6 Å². The van der Waals surface area contributed by atoms with E-state index in [2.05, 4.69) is 4.98 Å². The maximum absolute atomic E-state index is 14.2. The lowest BCUT2D eigenvalue weighted by atomic mass is 9.80. The molecule has 2 fully saturated rings. The first-order chi connectivity index (χ1) is 15.2. The molecule has 0 amide bonds. The first-order valence-corrected chi connectivity index (χ1v) is 10.4. The number of ketones is 1. The zero-order chi connectivity index (χ0) is 22.8. The number of hydrogen-bond donors (Lipinski definition) is 1. The first-order valence-electron chi connectivity index (χ1n) is 10.4. The van der Waals surface area contributed by atoms with E-state index in [1.807, 2.05) is 6.92 Å². The van der Waals surface area contributed by atoms with Gasteiger partial charge in [0.05, 0.1) is 35.2 Å². The van der Waals surface area contributed by atoms with Gasteiger partial charge in [-0.15, -0.1) is 0 Å². The van der Waals surface area contributed by atoms with Crippen LogP contribution in [0.5, 0.6) is 11.6 Å². The highest BCUT2D eigenvalue weighted by atomic mass is 19.4. The Morgan fingerprint density at radius 3 is 2.53 bits per heavy atom. The Morgan fingerprint density at radius 1 is 1.19 bits per heavy atom. The largest absolute Gasteiger partial charge is 0.511 e. The lowest BCUT2D eigenvalue weighted by molar-refractivity contribution is -0.138. The number of aromatic nitrogens is 1. The summed E-state index contributed by atoms with van der Waals surface area (Å²) in [5, 5.41) is 10.9. The van der Waals surface area contributed by atoms with Gasteiger partial charge in [-0.1, -0.05) is 13.0 Å². The predicted octanol–water partition coefficient (Wildman–Crippen LogP) is 5.24. The molecule has 1 aromatic heterocycles. The molecule has 168 valence electrons. The van der Waals surface area contributed by atoms with Gasteiger partial charge in [-0.05, 0) is 48.6 Å². The Bertz CT molecular complexity index is 1140. The standard InChI is InChI=1S/C23H19F4NO4/c1-2-10-3-4-12(31-22-14(24)7-11(9-28-22)23(25,26)27)8-13(10)17-20(29)18-15-5-6-16(32-15)19(18)21(17)30/h3-4,7-9,15-16,18-19,29H,2,5-6H2,1H3/t15?,16?,18-,19+/m0/s1. The summed E-state index contributed by atoms with van der Waals surface area (Å²) in [6.45, 7) is 1.89. The summed E-state index contributed by atoms with van der Waals surface area (Å²) < 4.78 is 63.6. The molecular formula is C23H19F4NO4. The van der Waals surface area contributed by atoms with Gasteiger partial charge in [0, 0.05) is 6.20 Å². The SMILES string of the molecule is CCc1ccc(Oc2ncc(C(F)(F)F)cc2F)cc1C1=C(O)[C@H]2C3CCC(O3)[C@H]2C1=O. The van der Waals surface area contributed by atoms with Gasteiger partial charge in [0.25, 0.3) is 5.88 Å². The number of allylic oxidation sites excluding steroid dienone is 1. The highest BCUT2D eigenvalue weighted by Gasteiger charge is 2.59. The quantitative estimate of drug-likeness (QED) is 0.647. The topological polar surface area (TPSA) is 68.7 Å². The van der Waals surface area contributed by atoms with Crippen molar-refractivity contribution in [3.63, 3.8) is 0 Å². The summed E-state index contributed by atoms with van der Waals surface area (Å²) >= 11 is 0. The molecule has 1 aliphatic carbocycles. The number of ether oxygens (including phenoxy) is 2. The van der Waals surface area contributed by atoms with Crippen molar-refractivity contribution in [1.82, 2.24) is 4.98 Å². The second-order valence-corrected chi connectivity index (χ2v) is 8.25. The van der Waals surface area contributed by atoms with Crippen molar-refractivity contribution >= 4 is 11.4 Å². The molecule has 3 heterocycles. The van der Waals surface area contributed by atoms with Crippen LogP contribution in [-0.2, 0) is 22.1 Å². The first kappa shape index (κ1) is 20.9. The summed E-state index contributed by atoms with van der Waals surface area (Å²) in [5.74, 6) is -2.75. The third kappa shape index (κ3) is 3.18. The Labute approximate surface area is 180 Å². The number of benzene rings is 1. The molecule has 2 aliphatic heterocycles. The summed E-state index contributed by atoms with van der Waals surface area (Å²) in [7, 11) is 0.